The van der Waals surface area contributed by atoms with E-state index in [9.17, 15) is 18.0 Å². The van der Waals surface area contributed by atoms with Crippen LogP contribution < -0.4 is 9.62 Å². The van der Waals surface area contributed by atoms with Crippen LogP contribution in [0.1, 0.15) is 25.0 Å². The second-order valence-corrected chi connectivity index (χ2v) is 14.1. The van der Waals surface area contributed by atoms with Crippen LogP contribution in [-0.2, 0) is 32.6 Å². The molecule has 0 fully saturated rings. The summed E-state index contributed by atoms with van der Waals surface area (Å²) >= 11 is 25.2. The number of halogens is 4. The van der Waals surface area contributed by atoms with Gasteiger partial charge in [-0.05, 0) is 67.4 Å². The number of hydrogen-bond acceptors (Lipinski definition) is 4. The summed E-state index contributed by atoms with van der Waals surface area (Å²) in [5.74, 6) is -1.06. The van der Waals surface area contributed by atoms with E-state index in [1.54, 1.807) is 36.4 Å². The lowest BCUT2D eigenvalue weighted by atomic mass is 10.0. The Hall–Kier alpha value is -3.27. The minimum Gasteiger partial charge on any atom is -0.352 e. The van der Waals surface area contributed by atoms with Gasteiger partial charge >= 0.3 is 0 Å². The predicted molar refractivity (Wildman–Crippen MR) is 182 cm³/mol. The van der Waals surface area contributed by atoms with Crippen molar-refractivity contribution in [2.75, 3.05) is 10.8 Å². The third-order valence-corrected chi connectivity index (χ3v) is 9.89. The van der Waals surface area contributed by atoms with Crippen molar-refractivity contribution < 1.29 is 18.0 Å². The van der Waals surface area contributed by atoms with Crippen molar-refractivity contribution in [2.24, 2.45) is 0 Å². The molecule has 1 atom stereocenters. The van der Waals surface area contributed by atoms with Crippen molar-refractivity contribution in [1.29, 1.82) is 0 Å². The van der Waals surface area contributed by atoms with Crippen LogP contribution in [-0.4, -0.2) is 43.8 Å². The van der Waals surface area contributed by atoms with Gasteiger partial charge in [-0.1, -0.05) is 101 Å². The van der Waals surface area contributed by atoms with Crippen molar-refractivity contribution in [2.45, 2.75) is 43.8 Å². The highest BCUT2D eigenvalue weighted by Gasteiger charge is 2.35. The van der Waals surface area contributed by atoms with E-state index in [1.165, 1.54) is 35.2 Å². The van der Waals surface area contributed by atoms with Gasteiger partial charge in [0.2, 0.25) is 11.8 Å². The first-order chi connectivity index (χ1) is 21.4. The Kier molecular flexibility index (Phi) is 11.8. The van der Waals surface area contributed by atoms with E-state index in [0.717, 1.165) is 9.87 Å². The Balaban J connectivity index is 1.84. The van der Waals surface area contributed by atoms with E-state index < -0.39 is 34.4 Å². The molecule has 0 aliphatic carbocycles. The number of benzene rings is 4. The minimum absolute atomic E-state index is 0.0158. The van der Waals surface area contributed by atoms with Gasteiger partial charge in [-0.2, -0.15) is 0 Å². The third-order valence-electron chi connectivity index (χ3n) is 6.83. The summed E-state index contributed by atoms with van der Waals surface area (Å²) in [5.41, 5.74) is 1.41. The van der Waals surface area contributed by atoms with Crippen LogP contribution in [0.25, 0.3) is 0 Å². The van der Waals surface area contributed by atoms with Gasteiger partial charge in [0, 0.05) is 24.0 Å². The molecule has 0 spiro atoms. The van der Waals surface area contributed by atoms with Crippen molar-refractivity contribution in [3.63, 3.8) is 0 Å². The van der Waals surface area contributed by atoms with Crippen LogP contribution in [0, 0.1) is 0 Å². The number of rotatable bonds is 12. The highest BCUT2D eigenvalue weighted by Crippen LogP contribution is 2.33. The summed E-state index contributed by atoms with van der Waals surface area (Å²) in [7, 11) is -4.33. The lowest BCUT2D eigenvalue weighted by Gasteiger charge is -2.34. The van der Waals surface area contributed by atoms with Crippen molar-refractivity contribution in [1.82, 2.24) is 10.2 Å². The van der Waals surface area contributed by atoms with E-state index >= 15 is 0 Å². The molecule has 4 rings (SSSR count). The van der Waals surface area contributed by atoms with Gasteiger partial charge in [0.15, 0.2) is 0 Å². The van der Waals surface area contributed by atoms with Gasteiger partial charge in [-0.15, -0.1) is 0 Å². The molecule has 45 heavy (non-hydrogen) atoms. The predicted octanol–water partition coefficient (Wildman–Crippen LogP) is 7.66. The Labute approximate surface area is 283 Å². The molecule has 4 aromatic carbocycles. The summed E-state index contributed by atoms with van der Waals surface area (Å²) < 4.78 is 29.1. The number of carbonyl (C=O) groups excluding carboxylic acids is 2. The van der Waals surface area contributed by atoms with Crippen molar-refractivity contribution in [3.05, 3.63) is 128 Å². The van der Waals surface area contributed by atoms with E-state index in [-0.39, 0.29) is 44.7 Å². The molecular formula is C33H31Cl4N3O4S. The van der Waals surface area contributed by atoms with Gasteiger partial charge in [-0.25, -0.2) is 8.42 Å². The molecule has 1 N–H and O–H groups in total. The number of nitrogens with zero attached hydrogens (tertiary/aromatic N) is 2. The Morgan fingerprint density at radius 2 is 1.38 bits per heavy atom. The van der Waals surface area contributed by atoms with Gasteiger partial charge in [0.05, 0.1) is 25.7 Å². The largest absolute Gasteiger partial charge is 0.352 e. The van der Waals surface area contributed by atoms with Gasteiger partial charge in [0.25, 0.3) is 10.0 Å². The number of amides is 2. The lowest BCUT2D eigenvalue weighted by Crippen LogP contribution is -2.54. The van der Waals surface area contributed by atoms with Crippen LogP contribution in [0.2, 0.25) is 20.1 Å². The average Bonchev–Trinajstić information content (AvgIpc) is 3.01. The van der Waals surface area contributed by atoms with Crippen LogP contribution in [0.3, 0.4) is 0 Å². The summed E-state index contributed by atoms with van der Waals surface area (Å²) in [4.78, 5) is 29.6. The highest BCUT2D eigenvalue weighted by molar-refractivity contribution is 7.92. The fraction of sp³-hybridized carbons (Fsp3) is 0.212. The molecule has 236 valence electrons. The van der Waals surface area contributed by atoms with E-state index in [1.807, 2.05) is 44.2 Å². The number of hydrogen-bond donors (Lipinski definition) is 1. The quantitative estimate of drug-likeness (QED) is 0.164. The fourth-order valence-electron chi connectivity index (χ4n) is 4.68. The second-order valence-electron chi connectivity index (χ2n) is 10.6. The molecule has 0 heterocycles. The van der Waals surface area contributed by atoms with E-state index in [0.29, 0.717) is 10.6 Å². The van der Waals surface area contributed by atoms with Crippen molar-refractivity contribution >= 4 is 73.9 Å². The van der Waals surface area contributed by atoms with E-state index in [2.05, 4.69) is 5.32 Å². The van der Waals surface area contributed by atoms with Crippen LogP contribution in [0.5, 0.6) is 0 Å². The molecule has 0 aliphatic rings. The molecule has 12 heteroatoms. The molecule has 1 unspecified atom stereocenters. The lowest BCUT2D eigenvalue weighted by molar-refractivity contribution is -0.140. The summed E-state index contributed by atoms with van der Waals surface area (Å²) in [6.07, 6.45) is 0.163. The smallest absolute Gasteiger partial charge is 0.264 e. The molecule has 0 saturated carbocycles. The minimum atomic E-state index is -4.33. The monoisotopic (exact) mass is 705 g/mol. The zero-order valence-corrected chi connectivity index (χ0v) is 28.3. The standard InChI is InChI=1S/C33H31Cl4N3O4S/c1-22(2)38-33(42)31(18-23-9-5-3-6-10-23)39(20-24-13-15-27(35)29(37)17-24)32(41)21-40(30-19-25(34)14-16-28(30)36)45(43,44)26-11-7-4-8-12-26/h3-17,19,22,31H,18,20-21H2,1-2H3,(H,38,42). The topological polar surface area (TPSA) is 86.8 Å². The summed E-state index contributed by atoms with van der Waals surface area (Å²) in [6, 6.07) is 24.9. The molecule has 0 radical (unpaired) electrons. The zero-order valence-electron chi connectivity index (χ0n) is 24.5. The first kappa shape index (κ1) is 34.6. The Morgan fingerprint density at radius 3 is 2.00 bits per heavy atom. The summed E-state index contributed by atoms with van der Waals surface area (Å²) in [5, 5.41) is 3.80. The van der Waals surface area contributed by atoms with Gasteiger partial charge < -0.3 is 10.2 Å². The SMILES string of the molecule is CC(C)NC(=O)C(Cc1ccccc1)N(Cc1ccc(Cl)c(Cl)c1)C(=O)CN(c1cc(Cl)ccc1Cl)S(=O)(=O)c1ccccc1. The molecule has 4 aromatic rings. The maximum Gasteiger partial charge on any atom is 0.264 e. The molecule has 2 amide bonds. The second kappa shape index (κ2) is 15.3. The van der Waals surface area contributed by atoms with Gasteiger partial charge in [-0.3, -0.25) is 13.9 Å². The maximum atomic E-state index is 14.5. The fourth-order valence-corrected chi connectivity index (χ4v) is 6.88. The molecular weight excluding hydrogens is 676 g/mol. The number of carbonyl (C=O) groups is 2. The number of nitrogens with one attached hydrogen (secondary N) is 1. The molecule has 0 saturated heterocycles. The number of sulfonamides is 1. The Bertz CT molecular complexity index is 1760. The number of anilines is 1. The van der Waals surface area contributed by atoms with Crippen LogP contribution in [0.4, 0.5) is 5.69 Å². The van der Waals surface area contributed by atoms with Crippen LogP contribution >= 0.6 is 46.4 Å². The van der Waals surface area contributed by atoms with Crippen molar-refractivity contribution in [3.8, 4) is 0 Å². The average molecular weight is 708 g/mol. The normalized spacial score (nSPS) is 12.1. The molecule has 0 aromatic heterocycles. The third kappa shape index (κ3) is 8.93. The Morgan fingerprint density at radius 1 is 0.756 bits per heavy atom. The molecule has 7 nitrogen and oxygen atoms in total. The molecule has 0 bridgehead atoms. The summed E-state index contributed by atoms with van der Waals surface area (Å²) in [6.45, 7) is 2.88. The van der Waals surface area contributed by atoms with E-state index in [4.69, 9.17) is 46.4 Å². The zero-order chi connectivity index (χ0) is 32.7. The first-order valence-corrected chi connectivity index (χ1v) is 16.9. The maximum absolute atomic E-state index is 14.5. The molecule has 0 aliphatic heterocycles. The van der Waals surface area contributed by atoms with Crippen LogP contribution in [0.15, 0.2) is 102 Å². The highest BCUT2D eigenvalue weighted by atomic mass is 35.5. The first-order valence-electron chi connectivity index (χ1n) is 14.0. The van der Waals surface area contributed by atoms with Gasteiger partial charge in [0.1, 0.15) is 12.6 Å².